The van der Waals surface area contributed by atoms with Gasteiger partial charge in [0.25, 0.3) is 0 Å². The highest BCUT2D eigenvalue weighted by atomic mass is 16.6. The lowest BCUT2D eigenvalue weighted by atomic mass is 9.74. The Morgan fingerprint density at radius 3 is 1.67 bits per heavy atom. The van der Waals surface area contributed by atoms with E-state index < -0.39 is 11.9 Å². The van der Waals surface area contributed by atoms with E-state index in [0.717, 1.165) is 12.0 Å². The van der Waals surface area contributed by atoms with Crippen LogP contribution in [0.5, 0.6) is 17.2 Å². The number of para-hydroxylation sites is 2. The van der Waals surface area contributed by atoms with E-state index in [4.69, 9.17) is 14.2 Å². The molecule has 1 unspecified atom stereocenters. The van der Waals surface area contributed by atoms with Gasteiger partial charge in [0, 0.05) is 5.41 Å². The summed E-state index contributed by atoms with van der Waals surface area (Å²) in [6, 6.07) is 29.6. The quantitative estimate of drug-likeness (QED) is 0.165. The molecule has 4 aromatic rings. The first kappa shape index (κ1) is 27.6. The number of methoxy groups -OCH3 is 1. The van der Waals surface area contributed by atoms with E-state index in [1.165, 1.54) is 30.4 Å². The highest BCUT2D eigenvalue weighted by molar-refractivity contribution is 5.95. The molecular formula is C34H34O5. The summed E-state index contributed by atoms with van der Waals surface area (Å²) in [5.41, 5.74) is 4.20. The van der Waals surface area contributed by atoms with E-state index >= 15 is 0 Å². The Bertz CT molecular complexity index is 1420. The molecule has 0 heterocycles. The Hall–Kier alpha value is -4.38. The fourth-order valence-corrected chi connectivity index (χ4v) is 4.47. The van der Waals surface area contributed by atoms with Gasteiger partial charge in [0.2, 0.25) is 0 Å². The molecule has 1 atom stereocenters. The lowest BCUT2D eigenvalue weighted by molar-refractivity contribution is 0.0718. The van der Waals surface area contributed by atoms with Gasteiger partial charge in [0.05, 0.1) is 18.2 Å². The zero-order chi connectivity index (χ0) is 28.0. The largest absolute Gasteiger partial charge is 0.493 e. The SMILES string of the molecule is CCC(C)(c1ccc(OC(=O)c2ccc(C(=O)Oc3ccccc3OC)cc2)cc1)c1ccc(C(C)C)cc1. The third kappa shape index (κ3) is 6.20. The second-order valence-corrected chi connectivity index (χ2v) is 9.99. The first-order valence-corrected chi connectivity index (χ1v) is 13.1. The maximum atomic E-state index is 12.8. The highest BCUT2D eigenvalue weighted by Gasteiger charge is 2.27. The maximum Gasteiger partial charge on any atom is 0.343 e. The van der Waals surface area contributed by atoms with Gasteiger partial charge in [-0.3, -0.25) is 0 Å². The Morgan fingerprint density at radius 2 is 1.18 bits per heavy atom. The van der Waals surface area contributed by atoms with Gasteiger partial charge in [-0.15, -0.1) is 0 Å². The van der Waals surface area contributed by atoms with E-state index in [2.05, 4.69) is 52.0 Å². The Labute approximate surface area is 230 Å². The van der Waals surface area contributed by atoms with Crippen molar-refractivity contribution in [2.45, 2.75) is 45.4 Å². The number of ether oxygens (including phenoxy) is 3. The summed E-state index contributed by atoms with van der Waals surface area (Å²) in [5.74, 6) is 0.674. The van der Waals surface area contributed by atoms with Crippen LogP contribution in [0.25, 0.3) is 0 Å². The van der Waals surface area contributed by atoms with Crippen LogP contribution in [0.3, 0.4) is 0 Å². The Morgan fingerprint density at radius 1 is 0.692 bits per heavy atom. The summed E-state index contributed by atoms with van der Waals surface area (Å²) < 4.78 is 16.3. The molecule has 5 nitrogen and oxygen atoms in total. The van der Waals surface area contributed by atoms with Crippen molar-refractivity contribution in [1.82, 2.24) is 0 Å². The van der Waals surface area contributed by atoms with Gasteiger partial charge in [-0.25, -0.2) is 9.59 Å². The predicted molar refractivity (Wildman–Crippen MR) is 153 cm³/mol. The van der Waals surface area contributed by atoms with Gasteiger partial charge in [-0.2, -0.15) is 0 Å². The van der Waals surface area contributed by atoms with E-state index in [1.54, 1.807) is 36.4 Å². The molecule has 0 aliphatic rings. The number of benzene rings is 4. The van der Waals surface area contributed by atoms with Crippen molar-refractivity contribution < 1.29 is 23.8 Å². The Balaban J connectivity index is 1.42. The standard InChI is InChI=1S/C34H34O5/c1-6-34(4,27-17-15-24(16-18-27)23(2)3)28-19-21-29(22-20-28)38-32(35)25-11-13-26(14-12-25)33(36)39-31-10-8-7-9-30(31)37-5/h7-23H,6H2,1-5H3. The molecule has 0 aliphatic heterocycles. The number of carbonyl (C=O) groups excluding carboxylic acids is 2. The van der Waals surface area contributed by atoms with E-state index in [0.29, 0.717) is 34.3 Å². The normalized spacial score (nSPS) is 12.5. The van der Waals surface area contributed by atoms with E-state index in [1.807, 2.05) is 24.3 Å². The van der Waals surface area contributed by atoms with Crippen LogP contribution in [0.1, 0.15) is 77.4 Å². The van der Waals surface area contributed by atoms with Crippen molar-refractivity contribution in [3.8, 4) is 17.2 Å². The number of rotatable bonds is 9. The summed E-state index contributed by atoms with van der Waals surface area (Å²) >= 11 is 0. The maximum absolute atomic E-state index is 12.8. The van der Waals surface area contributed by atoms with Crippen molar-refractivity contribution in [2.24, 2.45) is 0 Å². The molecule has 0 radical (unpaired) electrons. The van der Waals surface area contributed by atoms with Crippen molar-refractivity contribution in [1.29, 1.82) is 0 Å². The van der Waals surface area contributed by atoms with Crippen LogP contribution >= 0.6 is 0 Å². The molecule has 0 spiro atoms. The topological polar surface area (TPSA) is 61.8 Å². The van der Waals surface area contributed by atoms with Gasteiger partial charge in [-0.05, 0) is 77.6 Å². The molecule has 0 saturated heterocycles. The number of esters is 2. The minimum atomic E-state index is -0.548. The fourth-order valence-electron chi connectivity index (χ4n) is 4.47. The van der Waals surface area contributed by atoms with Crippen LogP contribution in [-0.2, 0) is 5.41 Å². The van der Waals surface area contributed by atoms with Crippen LogP contribution < -0.4 is 14.2 Å². The van der Waals surface area contributed by atoms with Crippen molar-refractivity contribution in [3.05, 3.63) is 125 Å². The van der Waals surface area contributed by atoms with Crippen molar-refractivity contribution >= 4 is 11.9 Å². The zero-order valence-corrected chi connectivity index (χ0v) is 23.1. The van der Waals surface area contributed by atoms with Gasteiger partial charge >= 0.3 is 11.9 Å². The summed E-state index contributed by atoms with van der Waals surface area (Å²) in [6.45, 7) is 8.80. The fraction of sp³-hybridized carbons (Fsp3) is 0.235. The van der Waals surface area contributed by atoms with Gasteiger partial charge < -0.3 is 14.2 Å². The predicted octanol–water partition coefficient (Wildman–Crippen LogP) is 7.97. The van der Waals surface area contributed by atoms with Crippen LogP contribution in [0.4, 0.5) is 0 Å². The first-order chi connectivity index (χ1) is 18.7. The first-order valence-electron chi connectivity index (χ1n) is 13.1. The summed E-state index contributed by atoms with van der Waals surface area (Å²) in [4.78, 5) is 25.3. The second kappa shape index (κ2) is 12.0. The minimum absolute atomic E-state index is 0.160. The highest BCUT2D eigenvalue weighted by Crippen LogP contribution is 2.36. The molecule has 4 rings (SSSR count). The van der Waals surface area contributed by atoms with E-state index in [9.17, 15) is 9.59 Å². The smallest absolute Gasteiger partial charge is 0.343 e. The average Bonchev–Trinajstić information content (AvgIpc) is 2.97. The molecule has 4 aromatic carbocycles. The Kier molecular flexibility index (Phi) is 8.50. The lowest BCUT2D eigenvalue weighted by Crippen LogP contribution is -2.22. The average molecular weight is 523 g/mol. The third-order valence-corrected chi connectivity index (χ3v) is 7.25. The molecule has 0 bridgehead atoms. The van der Waals surface area contributed by atoms with Crippen LogP contribution in [-0.4, -0.2) is 19.0 Å². The van der Waals surface area contributed by atoms with Gasteiger partial charge in [0.15, 0.2) is 11.5 Å². The van der Waals surface area contributed by atoms with Crippen molar-refractivity contribution in [3.63, 3.8) is 0 Å². The van der Waals surface area contributed by atoms with Crippen molar-refractivity contribution in [2.75, 3.05) is 7.11 Å². The van der Waals surface area contributed by atoms with Gasteiger partial charge in [-0.1, -0.05) is 76.2 Å². The molecular weight excluding hydrogens is 488 g/mol. The van der Waals surface area contributed by atoms with E-state index in [-0.39, 0.29) is 5.41 Å². The molecule has 0 aromatic heterocycles. The number of hydrogen-bond donors (Lipinski definition) is 0. The summed E-state index contributed by atoms with van der Waals surface area (Å²) in [6.07, 6.45) is 0.930. The monoisotopic (exact) mass is 522 g/mol. The lowest BCUT2D eigenvalue weighted by Gasteiger charge is -2.30. The molecule has 0 amide bonds. The minimum Gasteiger partial charge on any atom is -0.493 e. The van der Waals surface area contributed by atoms with Gasteiger partial charge in [0.1, 0.15) is 5.75 Å². The summed E-state index contributed by atoms with van der Waals surface area (Å²) in [7, 11) is 1.51. The van der Waals surface area contributed by atoms with Crippen LogP contribution in [0, 0.1) is 0 Å². The molecule has 39 heavy (non-hydrogen) atoms. The molecule has 200 valence electrons. The summed E-state index contributed by atoms with van der Waals surface area (Å²) in [5, 5.41) is 0. The third-order valence-electron chi connectivity index (χ3n) is 7.25. The molecule has 0 fully saturated rings. The molecule has 0 saturated carbocycles. The number of hydrogen-bond acceptors (Lipinski definition) is 5. The number of carbonyl (C=O) groups is 2. The molecule has 0 N–H and O–H groups in total. The van der Waals surface area contributed by atoms with Crippen LogP contribution in [0.2, 0.25) is 0 Å². The zero-order valence-electron chi connectivity index (χ0n) is 23.1. The second-order valence-electron chi connectivity index (χ2n) is 9.99. The molecule has 5 heteroatoms. The molecule has 0 aliphatic carbocycles. The van der Waals surface area contributed by atoms with Crippen LogP contribution in [0.15, 0.2) is 97.1 Å².